The highest BCUT2D eigenvalue weighted by Gasteiger charge is 2.17. The summed E-state index contributed by atoms with van der Waals surface area (Å²) in [6.45, 7) is 5.66. The van der Waals surface area contributed by atoms with Crippen LogP contribution in [0.3, 0.4) is 0 Å². The summed E-state index contributed by atoms with van der Waals surface area (Å²) < 4.78 is 5.69. The Hall–Kier alpha value is -0.770. The predicted molar refractivity (Wildman–Crippen MR) is 71.9 cm³/mol. The largest absolute Gasteiger partial charge is 0.381 e. The van der Waals surface area contributed by atoms with E-state index in [9.17, 15) is 0 Å². The lowest BCUT2D eigenvalue weighted by Gasteiger charge is -2.30. The van der Waals surface area contributed by atoms with Crippen LogP contribution in [0.4, 0.5) is 5.69 Å². The molecule has 1 heterocycles. The standard InChI is InChI=1S/C13H19ClN2O/c1-10-3-4-12(14)13(7-10)15-8-11-9-16(2)5-6-17-11/h3-4,7,11,15H,5-6,8-9H2,1-2H3. The van der Waals surface area contributed by atoms with E-state index >= 15 is 0 Å². The minimum atomic E-state index is 0.241. The molecule has 1 unspecified atom stereocenters. The number of aryl methyl sites for hydroxylation is 1. The number of hydrogen-bond acceptors (Lipinski definition) is 3. The van der Waals surface area contributed by atoms with Crippen LogP contribution in [-0.2, 0) is 4.74 Å². The SMILES string of the molecule is Cc1ccc(Cl)c(NCC2CN(C)CCO2)c1. The van der Waals surface area contributed by atoms with Crippen LogP contribution in [0.5, 0.6) is 0 Å². The smallest absolute Gasteiger partial charge is 0.0874 e. The molecule has 4 heteroatoms. The third kappa shape index (κ3) is 3.60. The number of rotatable bonds is 3. The summed E-state index contributed by atoms with van der Waals surface area (Å²) in [7, 11) is 2.12. The van der Waals surface area contributed by atoms with Crippen LogP contribution < -0.4 is 5.32 Å². The van der Waals surface area contributed by atoms with E-state index in [0.717, 1.165) is 37.0 Å². The number of halogens is 1. The molecule has 1 aromatic carbocycles. The van der Waals surface area contributed by atoms with Crippen molar-refractivity contribution < 1.29 is 4.74 Å². The Balaban J connectivity index is 1.90. The van der Waals surface area contributed by atoms with E-state index in [2.05, 4.69) is 30.3 Å². The molecule has 1 saturated heterocycles. The van der Waals surface area contributed by atoms with Crippen LogP contribution in [0, 0.1) is 6.92 Å². The van der Waals surface area contributed by atoms with Crippen molar-refractivity contribution in [3.8, 4) is 0 Å². The first-order valence-corrected chi connectivity index (χ1v) is 6.33. The number of likely N-dealkylation sites (N-methyl/N-ethyl adjacent to an activating group) is 1. The van der Waals surface area contributed by atoms with Gasteiger partial charge in [0.2, 0.25) is 0 Å². The highest BCUT2D eigenvalue weighted by Crippen LogP contribution is 2.22. The number of ether oxygens (including phenoxy) is 1. The molecule has 0 radical (unpaired) electrons. The van der Waals surface area contributed by atoms with Crippen LogP contribution in [0.25, 0.3) is 0 Å². The zero-order valence-corrected chi connectivity index (χ0v) is 11.1. The first kappa shape index (κ1) is 12.7. The molecule has 1 aliphatic rings. The fourth-order valence-corrected chi connectivity index (χ4v) is 2.17. The summed E-state index contributed by atoms with van der Waals surface area (Å²) in [5, 5.41) is 4.12. The van der Waals surface area contributed by atoms with Gasteiger partial charge in [0.15, 0.2) is 0 Å². The van der Waals surface area contributed by atoms with E-state index in [1.165, 1.54) is 5.56 Å². The lowest BCUT2D eigenvalue weighted by atomic mass is 10.2. The van der Waals surface area contributed by atoms with Crippen molar-refractivity contribution in [3.63, 3.8) is 0 Å². The highest BCUT2D eigenvalue weighted by atomic mass is 35.5. The van der Waals surface area contributed by atoms with Gasteiger partial charge in [0, 0.05) is 19.6 Å². The number of nitrogens with one attached hydrogen (secondary N) is 1. The van der Waals surface area contributed by atoms with Gasteiger partial charge in [-0.3, -0.25) is 0 Å². The van der Waals surface area contributed by atoms with Gasteiger partial charge in [-0.2, -0.15) is 0 Å². The maximum Gasteiger partial charge on any atom is 0.0874 e. The second kappa shape index (κ2) is 5.71. The summed E-state index contributed by atoms with van der Waals surface area (Å²) in [5.74, 6) is 0. The van der Waals surface area contributed by atoms with Crippen LogP contribution in [0.1, 0.15) is 5.56 Å². The van der Waals surface area contributed by atoms with Gasteiger partial charge in [0.1, 0.15) is 0 Å². The number of benzene rings is 1. The fraction of sp³-hybridized carbons (Fsp3) is 0.538. The van der Waals surface area contributed by atoms with Gasteiger partial charge in [0.05, 0.1) is 23.4 Å². The van der Waals surface area contributed by atoms with Crippen molar-refractivity contribution in [1.82, 2.24) is 4.90 Å². The summed E-state index contributed by atoms with van der Waals surface area (Å²) >= 11 is 6.13. The molecule has 1 aromatic rings. The molecule has 0 amide bonds. The molecular weight excluding hydrogens is 236 g/mol. The first-order valence-electron chi connectivity index (χ1n) is 5.95. The van der Waals surface area contributed by atoms with E-state index < -0.39 is 0 Å². The number of anilines is 1. The van der Waals surface area contributed by atoms with Crippen molar-refractivity contribution in [2.24, 2.45) is 0 Å². The van der Waals surface area contributed by atoms with Gasteiger partial charge in [-0.1, -0.05) is 17.7 Å². The molecule has 0 aromatic heterocycles. The summed E-state index contributed by atoms with van der Waals surface area (Å²) in [6, 6.07) is 6.00. The van der Waals surface area contributed by atoms with Crippen molar-refractivity contribution in [1.29, 1.82) is 0 Å². The molecule has 1 fully saturated rings. The molecule has 0 saturated carbocycles. The maximum absolute atomic E-state index is 6.13. The van der Waals surface area contributed by atoms with Crippen LogP contribution in [0.15, 0.2) is 18.2 Å². The molecule has 2 rings (SSSR count). The van der Waals surface area contributed by atoms with Crippen molar-refractivity contribution >= 4 is 17.3 Å². The Bertz CT molecular complexity index is 384. The lowest BCUT2D eigenvalue weighted by molar-refractivity contribution is -0.0117. The van der Waals surface area contributed by atoms with E-state index in [1.807, 2.05) is 12.1 Å². The van der Waals surface area contributed by atoms with Gasteiger partial charge < -0.3 is 15.0 Å². The van der Waals surface area contributed by atoms with Gasteiger partial charge in [-0.15, -0.1) is 0 Å². The number of morpholine rings is 1. The Morgan fingerprint density at radius 2 is 2.35 bits per heavy atom. The molecule has 0 bridgehead atoms. The van der Waals surface area contributed by atoms with E-state index in [0.29, 0.717) is 0 Å². The normalized spacial score (nSPS) is 21.5. The van der Waals surface area contributed by atoms with Gasteiger partial charge in [0.25, 0.3) is 0 Å². The highest BCUT2D eigenvalue weighted by molar-refractivity contribution is 6.33. The van der Waals surface area contributed by atoms with Crippen LogP contribution in [0.2, 0.25) is 5.02 Å². The third-order valence-electron chi connectivity index (χ3n) is 2.98. The topological polar surface area (TPSA) is 24.5 Å². The van der Waals surface area contributed by atoms with Gasteiger partial charge >= 0.3 is 0 Å². The molecule has 3 nitrogen and oxygen atoms in total. The maximum atomic E-state index is 6.13. The Morgan fingerprint density at radius 3 is 3.12 bits per heavy atom. The van der Waals surface area contributed by atoms with Gasteiger partial charge in [-0.25, -0.2) is 0 Å². The zero-order chi connectivity index (χ0) is 12.3. The van der Waals surface area contributed by atoms with E-state index in [4.69, 9.17) is 16.3 Å². The minimum absolute atomic E-state index is 0.241. The molecule has 17 heavy (non-hydrogen) atoms. The quantitative estimate of drug-likeness (QED) is 0.897. The van der Waals surface area contributed by atoms with Gasteiger partial charge in [-0.05, 0) is 31.7 Å². The summed E-state index contributed by atoms with van der Waals surface area (Å²) in [5.41, 5.74) is 2.20. The Labute approximate surface area is 108 Å². The molecule has 0 aliphatic carbocycles. The Kier molecular flexibility index (Phi) is 4.26. The average Bonchev–Trinajstić information content (AvgIpc) is 2.30. The number of nitrogens with zero attached hydrogens (tertiary/aromatic N) is 1. The summed E-state index contributed by atoms with van der Waals surface area (Å²) in [4.78, 5) is 2.29. The molecule has 0 spiro atoms. The fourth-order valence-electron chi connectivity index (χ4n) is 1.99. The predicted octanol–water partition coefficient (Wildman–Crippen LogP) is 2.39. The Morgan fingerprint density at radius 1 is 1.53 bits per heavy atom. The molecular formula is C13H19ClN2O. The summed E-state index contributed by atoms with van der Waals surface area (Å²) in [6.07, 6.45) is 0.241. The van der Waals surface area contributed by atoms with Crippen LogP contribution in [-0.4, -0.2) is 44.3 Å². The van der Waals surface area contributed by atoms with Crippen molar-refractivity contribution in [2.45, 2.75) is 13.0 Å². The number of hydrogen-bond donors (Lipinski definition) is 1. The average molecular weight is 255 g/mol. The molecule has 1 N–H and O–H groups in total. The van der Waals surface area contributed by atoms with E-state index in [-0.39, 0.29) is 6.10 Å². The second-order valence-electron chi connectivity index (χ2n) is 4.62. The monoisotopic (exact) mass is 254 g/mol. The van der Waals surface area contributed by atoms with E-state index in [1.54, 1.807) is 0 Å². The third-order valence-corrected chi connectivity index (χ3v) is 3.31. The lowest BCUT2D eigenvalue weighted by Crippen LogP contribution is -2.43. The molecule has 94 valence electrons. The van der Waals surface area contributed by atoms with Crippen LogP contribution >= 0.6 is 11.6 Å². The van der Waals surface area contributed by atoms with Crippen molar-refractivity contribution in [2.75, 3.05) is 38.6 Å². The zero-order valence-electron chi connectivity index (χ0n) is 10.4. The molecule has 1 atom stereocenters. The first-order chi connectivity index (χ1) is 8.15. The van der Waals surface area contributed by atoms with Crippen molar-refractivity contribution in [3.05, 3.63) is 28.8 Å². The second-order valence-corrected chi connectivity index (χ2v) is 5.03. The minimum Gasteiger partial charge on any atom is -0.381 e. The molecule has 1 aliphatic heterocycles.